The molecular formula is C15H33N3O. The van der Waals surface area contributed by atoms with Gasteiger partial charge >= 0.3 is 0 Å². The van der Waals surface area contributed by atoms with Crippen LogP contribution in [-0.4, -0.2) is 74.9 Å². The predicted octanol–water partition coefficient (Wildman–Crippen LogP) is 1.42. The normalized spacial score (nSPS) is 22.3. The molecular weight excluding hydrogens is 238 g/mol. The maximum atomic E-state index is 5.52. The van der Waals surface area contributed by atoms with Crippen molar-refractivity contribution in [3.63, 3.8) is 0 Å². The van der Waals surface area contributed by atoms with E-state index in [9.17, 15) is 0 Å². The summed E-state index contributed by atoms with van der Waals surface area (Å²) < 4.78 is 5.52. The van der Waals surface area contributed by atoms with Crippen molar-refractivity contribution >= 4 is 0 Å². The monoisotopic (exact) mass is 271 g/mol. The van der Waals surface area contributed by atoms with E-state index in [2.05, 4.69) is 42.9 Å². The number of ether oxygens (including phenoxy) is 1. The van der Waals surface area contributed by atoms with Gasteiger partial charge in [0.25, 0.3) is 0 Å². The van der Waals surface area contributed by atoms with Gasteiger partial charge in [0.2, 0.25) is 0 Å². The zero-order valence-corrected chi connectivity index (χ0v) is 13.3. The van der Waals surface area contributed by atoms with Crippen molar-refractivity contribution < 1.29 is 4.74 Å². The second-order valence-electron chi connectivity index (χ2n) is 5.87. The Balaban J connectivity index is 1.97. The summed E-state index contributed by atoms with van der Waals surface area (Å²) in [7, 11) is 2.25. The summed E-state index contributed by atoms with van der Waals surface area (Å²) >= 11 is 0. The highest BCUT2D eigenvalue weighted by Crippen LogP contribution is 2.09. The van der Waals surface area contributed by atoms with Gasteiger partial charge in [-0.2, -0.15) is 0 Å². The molecule has 114 valence electrons. The van der Waals surface area contributed by atoms with Gasteiger partial charge in [-0.05, 0) is 40.3 Å². The third-order valence-electron chi connectivity index (χ3n) is 3.89. The first-order valence-electron chi connectivity index (χ1n) is 7.88. The number of nitrogens with zero attached hydrogens (tertiary/aromatic N) is 2. The largest absolute Gasteiger partial charge is 0.379 e. The van der Waals surface area contributed by atoms with E-state index in [0.29, 0.717) is 6.10 Å². The molecule has 1 atom stereocenters. The maximum Gasteiger partial charge on any atom is 0.0518 e. The van der Waals surface area contributed by atoms with Crippen molar-refractivity contribution in [1.29, 1.82) is 0 Å². The Bertz CT molecular complexity index is 223. The highest BCUT2D eigenvalue weighted by atomic mass is 16.5. The average Bonchev–Trinajstić information content (AvgIpc) is 2.39. The molecule has 19 heavy (non-hydrogen) atoms. The number of piperazine rings is 1. The minimum Gasteiger partial charge on any atom is -0.379 e. The molecule has 1 heterocycles. The van der Waals surface area contributed by atoms with Gasteiger partial charge < -0.3 is 15.0 Å². The molecule has 0 bridgehead atoms. The smallest absolute Gasteiger partial charge is 0.0518 e. The molecule has 0 aromatic heterocycles. The Labute approximate surface area is 119 Å². The molecule has 1 aliphatic heterocycles. The minimum absolute atomic E-state index is 0.358. The van der Waals surface area contributed by atoms with Gasteiger partial charge in [-0.1, -0.05) is 6.92 Å². The molecule has 0 aromatic carbocycles. The van der Waals surface area contributed by atoms with Gasteiger partial charge in [0.15, 0.2) is 0 Å². The second kappa shape index (κ2) is 9.70. The molecule has 0 saturated carbocycles. The summed E-state index contributed by atoms with van der Waals surface area (Å²) in [5.41, 5.74) is 0. The van der Waals surface area contributed by atoms with Crippen LogP contribution in [0.4, 0.5) is 0 Å². The molecule has 0 spiro atoms. The molecule has 0 aliphatic carbocycles. The maximum absolute atomic E-state index is 5.52. The van der Waals surface area contributed by atoms with Gasteiger partial charge in [-0.3, -0.25) is 4.90 Å². The number of likely N-dealkylation sites (N-methyl/N-ethyl adjacent to an activating group) is 1. The van der Waals surface area contributed by atoms with Gasteiger partial charge in [0.1, 0.15) is 0 Å². The van der Waals surface area contributed by atoms with Crippen LogP contribution < -0.4 is 5.32 Å². The Morgan fingerprint density at radius 1 is 1.26 bits per heavy atom. The minimum atomic E-state index is 0.358. The molecule has 1 rings (SSSR count). The Hall–Kier alpha value is -0.160. The predicted molar refractivity (Wildman–Crippen MR) is 81.7 cm³/mol. The molecule has 1 aliphatic rings. The van der Waals surface area contributed by atoms with E-state index in [4.69, 9.17) is 4.74 Å². The molecule has 1 N–H and O–H groups in total. The number of rotatable bonds is 9. The lowest BCUT2D eigenvalue weighted by atomic mass is 10.1. The molecule has 1 saturated heterocycles. The van der Waals surface area contributed by atoms with Gasteiger partial charge in [-0.15, -0.1) is 0 Å². The van der Waals surface area contributed by atoms with Crippen molar-refractivity contribution in [2.75, 3.05) is 52.9 Å². The lowest BCUT2D eigenvalue weighted by molar-refractivity contribution is 0.0762. The summed E-state index contributed by atoms with van der Waals surface area (Å²) in [6.45, 7) is 14.3. The zero-order valence-electron chi connectivity index (χ0n) is 13.3. The van der Waals surface area contributed by atoms with Crippen LogP contribution in [0.15, 0.2) is 0 Å². The van der Waals surface area contributed by atoms with E-state index in [1.54, 1.807) is 0 Å². The van der Waals surface area contributed by atoms with Crippen LogP contribution in [0.5, 0.6) is 0 Å². The van der Waals surface area contributed by atoms with Gasteiger partial charge in [-0.25, -0.2) is 0 Å². The first kappa shape index (κ1) is 16.9. The Morgan fingerprint density at radius 3 is 2.74 bits per heavy atom. The van der Waals surface area contributed by atoms with E-state index in [0.717, 1.165) is 32.2 Å². The Morgan fingerprint density at radius 2 is 2.05 bits per heavy atom. The van der Waals surface area contributed by atoms with E-state index in [1.165, 1.54) is 32.6 Å². The molecule has 0 radical (unpaired) electrons. The third-order valence-corrected chi connectivity index (χ3v) is 3.89. The van der Waals surface area contributed by atoms with Crippen LogP contribution in [0, 0.1) is 0 Å². The summed E-state index contributed by atoms with van der Waals surface area (Å²) in [5, 5.41) is 3.52. The van der Waals surface area contributed by atoms with Gasteiger partial charge in [0.05, 0.1) is 6.10 Å². The number of hydrogen-bond acceptors (Lipinski definition) is 4. The van der Waals surface area contributed by atoms with Gasteiger partial charge in [0, 0.05) is 45.4 Å². The molecule has 0 aromatic rings. The second-order valence-corrected chi connectivity index (χ2v) is 5.87. The van der Waals surface area contributed by atoms with E-state index < -0.39 is 0 Å². The van der Waals surface area contributed by atoms with E-state index >= 15 is 0 Å². The van der Waals surface area contributed by atoms with E-state index in [-0.39, 0.29) is 0 Å². The lowest BCUT2D eigenvalue weighted by Crippen LogP contribution is -2.52. The highest BCUT2D eigenvalue weighted by Gasteiger charge is 2.21. The number of hydrogen-bond donors (Lipinski definition) is 1. The third kappa shape index (κ3) is 7.25. The van der Waals surface area contributed by atoms with Crippen LogP contribution >= 0.6 is 0 Å². The highest BCUT2D eigenvalue weighted by molar-refractivity contribution is 4.79. The topological polar surface area (TPSA) is 27.7 Å². The van der Waals surface area contributed by atoms with Crippen molar-refractivity contribution in [3.05, 3.63) is 0 Å². The van der Waals surface area contributed by atoms with Crippen LogP contribution in [0.3, 0.4) is 0 Å². The standard InChI is InChI=1S/C15H33N3O/c1-5-15-13-18(11-10-17(15)4)9-8-16-7-6-12-19-14(2)3/h14-16H,5-13H2,1-4H3. The Kier molecular flexibility index (Phi) is 8.62. The van der Waals surface area contributed by atoms with Crippen molar-refractivity contribution in [3.8, 4) is 0 Å². The van der Waals surface area contributed by atoms with Crippen LogP contribution in [0.2, 0.25) is 0 Å². The molecule has 4 heteroatoms. The molecule has 4 nitrogen and oxygen atoms in total. The van der Waals surface area contributed by atoms with Crippen molar-refractivity contribution in [2.24, 2.45) is 0 Å². The fourth-order valence-corrected chi connectivity index (χ4v) is 2.53. The van der Waals surface area contributed by atoms with Crippen molar-refractivity contribution in [1.82, 2.24) is 15.1 Å². The zero-order chi connectivity index (χ0) is 14.1. The lowest BCUT2D eigenvalue weighted by Gasteiger charge is -2.39. The number of nitrogens with one attached hydrogen (secondary N) is 1. The first-order chi connectivity index (χ1) is 9.13. The summed E-state index contributed by atoms with van der Waals surface area (Å²) in [5.74, 6) is 0. The fourth-order valence-electron chi connectivity index (χ4n) is 2.53. The average molecular weight is 271 g/mol. The van der Waals surface area contributed by atoms with Crippen LogP contribution in [0.25, 0.3) is 0 Å². The molecule has 1 unspecified atom stereocenters. The summed E-state index contributed by atoms with van der Waals surface area (Å²) in [4.78, 5) is 5.08. The fraction of sp³-hybridized carbons (Fsp3) is 1.00. The SMILES string of the molecule is CCC1CN(CCNCCCOC(C)C)CCN1C. The van der Waals surface area contributed by atoms with Crippen molar-refractivity contribution in [2.45, 2.75) is 45.8 Å². The first-order valence-corrected chi connectivity index (χ1v) is 7.88. The summed E-state index contributed by atoms with van der Waals surface area (Å²) in [6, 6.07) is 0.744. The van der Waals surface area contributed by atoms with E-state index in [1.807, 2.05) is 0 Å². The van der Waals surface area contributed by atoms with Crippen LogP contribution in [-0.2, 0) is 4.74 Å². The quantitative estimate of drug-likeness (QED) is 0.642. The molecule has 0 amide bonds. The molecule has 1 fully saturated rings. The van der Waals surface area contributed by atoms with Crippen LogP contribution in [0.1, 0.15) is 33.6 Å². The summed E-state index contributed by atoms with van der Waals surface area (Å²) in [6.07, 6.45) is 2.72.